The Balaban J connectivity index is 0.00000210. The number of hydrogen-bond acceptors (Lipinski definition) is 3. The Bertz CT molecular complexity index is 870. The highest BCUT2D eigenvalue weighted by molar-refractivity contribution is 5.85. The fraction of sp³-hybridized carbons (Fsp3) is 0.409. The fourth-order valence-corrected chi connectivity index (χ4v) is 3.87. The summed E-state index contributed by atoms with van der Waals surface area (Å²) in [6.07, 6.45) is 4.35. The number of para-hydroxylation sites is 2. The van der Waals surface area contributed by atoms with Gasteiger partial charge in [-0.15, -0.1) is 12.4 Å². The van der Waals surface area contributed by atoms with Gasteiger partial charge in [-0.25, -0.2) is 4.98 Å². The molecule has 144 valence electrons. The summed E-state index contributed by atoms with van der Waals surface area (Å²) in [7, 11) is 0. The summed E-state index contributed by atoms with van der Waals surface area (Å²) in [6, 6.07) is 16.1. The van der Waals surface area contributed by atoms with Crippen LogP contribution in [0.3, 0.4) is 0 Å². The summed E-state index contributed by atoms with van der Waals surface area (Å²) in [6.45, 7) is 2.84. The lowest BCUT2D eigenvalue weighted by atomic mass is 10.1. The van der Waals surface area contributed by atoms with E-state index in [0.29, 0.717) is 12.5 Å². The van der Waals surface area contributed by atoms with Crippen LogP contribution in [0.2, 0.25) is 0 Å². The van der Waals surface area contributed by atoms with E-state index in [0.717, 1.165) is 22.6 Å². The minimum Gasteiger partial charge on any atom is -0.491 e. The molecule has 3 aromatic rings. The molecule has 27 heavy (non-hydrogen) atoms. The zero-order valence-corrected chi connectivity index (χ0v) is 16.5. The van der Waals surface area contributed by atoms with Crippen molar-refractivity contribution >= 4 is 23.4 Å². The Labute approximate surface area is 166 Å². The molecule has 0 bridgehead atoms. The van der Waals surface area contributed by atoms with Crippen molar-refractivity contribution < 1.29 is 9.84 Å². The molecule has 0 amide bonds. The van der Waals surface area contributed by atoms with Gasteiger partial charge in [-0.1, -0.05) is 42.7 Å². The first-order valence-corrected chi connectivity index (χ1v) is 9.53. The van der Waals surface area contributed by atoms with E-state index < -0.39 is 6.10 Å². The summed E-state index contributed by atoms with van der Waals surface area (Å²) in [5.74, 6) is 2.42. The van der Waals surface area contributed by atoms with Gasteiger partial charge in [0, 0.05) is 5.92 Å². The molecule has 5 heteroatoms. The number of nitrogens with zero attached hydrogens (tertiary/aromatic N) is 2. The Morgan fingerprint density at radius 2 is 1.81 bits per heavy atom. The lowest BCUT2D eigenvalue weighted by Crippen LogP contribution is -2.25. The monoisotopic (exact) mass is 386 g/mol. The highest BCUT2D eigenvalue weighted by Crippen LogP contribution is 2.35. The molecule has 0 saturated heterocycles. The van der Waals surface area contributed by atoms with Gasteiger partial charge in [0.15, 0.2) is 0 Å². The summed E-state index contributed by atoms with van der Waals surface area (Å²) in [5, 5.41) is 10.6. The van der Waals surface area contributed by atoms with Crippen LogP contribution in [0, 0.1) is 6.92 Å². The van der Waals surface area contributed by atoms with Crippen molar-refractivity contribution in [3.05, 3.63) is 59.9 Å². The zero-order valence-electron chi connectivity index (χ0n) is 15.7. The molecular weight excluding hydrogens is 360 g/mol. The highest BCUT2D eigenvalue weighted by Gasteiger charge is 2.24. The summed E-state index contributed by atoms with van der Waals surface area (Å²) < 4.78 is 7.97. The Hall–Kier alpha value is -2.04. The maximum absolute atomic E-state index is 10.6. The van der Waals surface area contributed by atoms with Gasteiger partial charge in [-0.3, -0.25) is 0 Å². The van der Waals surface area contributed by atoms with Crippen LogP contribution in [0.5, 0.6) is 5.75 Å². The van der Waals surface area contributed by atoms with Crippen LogP contribution in [0.15, 0.2) is 48.5 Å². The van der Waals surface area contributed by atoms with Crippen molar-refractivity contribution in [2.45, 2.75) is 51.2 Å². The van der Waals surface area contributed by atoms with E-state index in [1.165, 1.54) is 31.2 Å². The van der Waals surface area contributed by atoms with Crippen molar-refractivity contribution in [3.8, 4) is 5.75 Å². The first kappa shape index (κ1) is 19.7. The lowest BCUT2D eigenvalue weighted by Gasteiger charge is -2.18. The molecule has 1 saturated carbocycles. The number of aliphatic hydroxyl groups excluding tert-OH is 1. The topological polar surface area (TPSA) is 47.3 Å². The summed E-state index contributed by atoms with van der Waals surface area (Å²) >= 11 is 0. The van der Waals surface area contributed by atoms with Crippen LogP contribution in [-0.2, 0) is 6.54 Å². The van der Waals surface area contributed by atoms with Gasteiger partial charge in [0.1, 0.15) is 24.3 Å². The van der Waals surface area contributed by atoms with E-state index in [1.54, 1.807) is 0 Å². The number of rotatable bonds is 6. The van der Waals surface area contributed by atoms with Gasteiger partial charge in [0.05, 0.1) is 17.6 Å². The Kier molecular flexibility index (Phi) is 6.40. The quantitative estimate of drug-likeness (QED) is 0.657. The molecule has 2 aromatic carbocycles. The first-order chi connectivity index (χ1) is 12.7. The van der Waals surface area contributed by atoms with Crippen LogP contribution in [0.1, 0.15) is 43.0 Å². The van der Waals surface area contributed by atoms with E-state index >= 15 is 0 Å². The second kappa shape index (κ2) is 8.77. The Morgan fingerprint density at radius 3 is 2.56 bits per heavy atom. The molecule has 1 fully saturated rings. The molecule has 1 heterocycles. The molecule has 0 aliphatic heterocycles. The van der Waals surface area contributed by atoms with E-state index in [-0.39, 0.29) is 19.0 Å². The summed E-state index contributed by atoms with van der Waals surface area (Å²) in [5.41, 5.74) is 3.31. The predicted molar refractivity (Wildman–Crippen MR) is 111 cm³/mol. The molecular formula is C22H27ClN2O2. The van der Waals surface area contributed by atoms with Crippen molar-refractivity contribution in [3.63, 3.8) is 0 Å². The Morgan fingerprint density at radius 1 is 1.11 bits per heavy atom. The van der Waals surface area contributed by atoms with Crippen LogP contribution < -0.4 is 4.74 Å². The first-order valence-electron chi connectivity index (χ1n) is 9.53. The number of aliphatic hydroxyl groups is 1. The van der Waals surface area contributed by atoms with Crippen LogP contribution in [-0.4, -0.2) is 27.4 Å². The van der Waals surface area contributed by atoms with Crippen LogP contribution in [0.4, 0.5) is 0 Å². The fourth-order valence-electron chi connectivity index (χ4n) is 3.87. The standard InChI is InChI=1S/C22H26N2O2.ClH/c1-16-10-12-19(13-11-16)26-15-18(25)14-24-21-9-5-4-8-20(21)23-22(24)17-6-2-3-7-17;/h4-5,8-13,17-18,25H,2-3,6-7,14-15H2,1H3;1H. The molecule has 0 radical (unpaired) electrons. The van der Waals surface area contributed by atoms with Crippen molar-refractivity contribution in [1.29, 1.82) is 0 Å². The SMILES string of the molecule is Cc1ccc(OCC(O)Cn2c(C3CCCC3)nc3ccccc32)cc1.Cl. The minimum absolute atomic E-state index is 0. The van der Waals surface area contributed by atoms with Gasteiger partial charge in [0.2, 0.25) is 0 Å². The number of halogens is 1. The van der Waals surface area contributed by atoms with Gasteiger partial charge in [-0.2, -0.15) is 0 Å². The maximum Gasteiger partial charge on any atom is 0.119 e. The second-order valence-electron chi connectivity index (χ2n) is 7.33. The summed E-state index contributed by atoms with van der Waals surface area (Å²) in [4.78, 5) is 4.89. The smallest absolute Gasteiger partial charge is 0.119 e. The number of aryl methyl sites for hydroxylation is 1. The van der Waals surface area contributed by atoms with Gasteiger partial charge in [-0.05, 0) is 44.0 Å². The van der Waals surface area contributed by atoms with Crippen molar-refractivity contribution in [2.24, 2.45) is 0 Å². The largest absolute Gasteiger partial charge is 0.491 e. The second-order valence-corrected chi connectivity index (χ2v) is 7.33. The molecule has 1 N–H and O–H groups in total. The van der Waals surface area contributed by atoms with Crippen molar-refractivity contribution in [1.82, 2.24) is 9.55 Å². The van der Waals surface area contributed by atoms with Crippen LogP contribution >= 0.6 is 12.4 Å². The molecule has 4 nitrogen and oxygen atoms in total. The minimum atomic E-state index is -0.575. The third-order valence-electron chi connectivity index (χ3n) is 5.26. The number of imidazole rings is 1. The number of aromatic nitrogens is 2. The normalized spacial score (nSPS) is 15.6. The molecule has 1 aliphatic rings. The number of fused-ring (bicyclic) bond motifs is 1. The maximum atomic E-state index is 10.6. The van der Waals surface area contributed by atoms with Gasteiger partial charge < -0.3 is 14.4 Å². The average molecular weight is 387 g/mol. The molecule has 1 unspecified atom stereocenters. The lowest BCUT2D eigenvalue weighted by molar-refractivity contribution is 0.0924. The van der Waals surface area contributed by atoms with E-state index in [4.69, 9.17) is 9.72 Å². The average Bonchev–Trinajstić information content (AvgIpc) is 3.30. The van der Waals surface area contributed by atoms with Crippen LogP contribution in [0.25, 0.3) is 11.0 Å². The third kappa shape index (κ3) is 4.45. The van der Waals surface area contributed by atoms with Crippen molar-refractivity contribution in [2.75, 3.05) is 6.61 Å². The molecule has 0 spiro atoms. The highest BCUT2D eigenvalue weighted by atomic mass is 35.5. The molecule has 1 aliphatic carbocycles. The van der Waals surface area contributed by atoms with E-state index in [1.807, 2.05) is 43.3 Å². The number of ether oxygens (including phenoxy) is 1. The van der Waals surface area contributed by atoms with E-state index in [2.05, 4.69) is 16.7 Å². The third-order valence-corrected chi connectivity index (χ3v) is 5.26. The molecule has 1 aromatic heterocycles. The van der Waals surface area contributed by atoms with E-state index in [9.17, 15) is 5.11 Å². The zero-order chi connectivity index (χ0) is 17.9. The van der Waals surface area contributed by atoms with Gasteiger partial charge >= 0.3 is 0 Å². The van der Waals surface area contributed by atoms with Gasteiger partial charge in [0.25, 0.3) is 0 Å². The molecule has 1 atom stereocenters. The molecule has 4 rings (SSSR count). The predicted octanol–water partition coefficient (Wildman–Crippen LogP) is 4.86. The number of hydrogen-bond donors (Lipinski definition) is 1. The number of benzene rings is 2.